The molecule has 0 bridgehead atoms. The Morgan fingerprint density at radius 1 is 1.00 bits per heavy atom. The summed E-state index contributed by atoms with van der Waals surface area (Å²) in [5, 5.41) is 0. The van der Waals surface area contributed by atoms with Crippen molar-refractivity contribution in [3.8, 4) is 11.5 Å². The number of carbonyl (C=O) groups is 1. The fraction of sp³-hybridized carbons (Fsp3) is 0.370. The topological polar surface area (TPSA) is 35.5 Å². The molecule has 0 heterocycles. The maximum Gasteiger partial charge on any atom is 0.174 e. The van der Waals surface area contributed by atoms with Crippen molar-refractivity contribution in [1.29, 1.82) is 0 Å². The number of hydrogen-bond acceptors (Lipinski definition) is 3. The summed E-state index contributed by atoms with van der Waals surface area (Å²) in [4.78, 5) is 13.8. The van der Waals surface area contributed by atoms with Gasteiger partial charge in [0.1, 0.15) is 17.1 Å². The first-order chi connectivity index (χ1) is 14.5. The minimum Gasteiger partial charge on any atom is -0.496 e. The van der Waals surface area contributed by atoms with Gasteiger partial charge < -0.3 is 9.47 Å². The van der Waals surface area contributed by atoms with Crippen molar-refractivity contribution in [2.24, 2.45) is 5.92 Å². The van der Waals surface area contributed by atoms with E-state index in [1.807, 2.05) is 24.3 Å². The van der Waals surface area contributed by atoms with Gasteiger partial charge in [0.25, 0.3) is 0 Å². The molecule has 0 N–H and O–H groups in total. The summed E-state index contributed by atoms with van der Waals surface area (Å²) in [7, 11) is 3.20. The highest BCUT2D eigenvalue weighted by Gasteiger charge is 2.35. The van der Waals surface area contributed by atoms with Gasteiger partial charge in [-0.05, 0) is 63.1 Å². The fourth-order valence-electron chi connectivity index (χ4n) is 4.34. The summed E-state index contributed by atoms with van der Waals surface area (Å²) in [5.74, 6) is 1.26. The number of Topliss-reactive ketones (excluding diaryl/α,β-unsaturated/α-hetero) is 1. The maximum absolute atomic E-state index is 13.8. The van der Waals surface area contributed by atoms with Crippen LogP contribution in [-0.4, -0.2) is 20.0 Å². The number of ketones is 1. The van der Waals surface area contributed by atoms with Crippen LogP contribution in [-0.2, 0) is 0 Å². The van der Waals surface area contributed by atoms with Crippen LogP contribution in [0.2, 0.25) is 0 Å². The van der Waals surface area contributed by atoms with Gasteiger partial charge in [-0.3, -0.25) is 4.79 Å². The maximum atomic E-state index is 13.8. The van der Waals surface area contributed by atoms with Crippen LogP contribution in [0.5, 0.6) is 11.5 Å². The van der Waals surface area contributed by atoms with Crippen molar-refractivity contribution >= 4 is 5.78 Å². The van der Waals surface area contributed by atoms with Gasteiger partial charge in [-0.15, -0.1) is 0 Å². The molecule has 0 saturated heterocycles. The smallest absolute Gasteiger partial charge is 0.174 e. The third kappa shape index (κ3) is 5.02. The second kappa shape index (κ2) is 10.3. The predicted octanol–water partition coefficient (Wildman–Crippen LogP) is 6.75. The SMILES string of the molecule is COc1cccc(OC)c1C(=O)[C@H]1CC=C(CCC=C(C)C)C[C@@H]1c1ccccc1. The lowest BCUT2D eigenvalue weighted by Gasteiger charge is -2.31. The molecule has 0 spiro atoms. The zero-order valence-electron chi connectivity index (χ0n) is 18.5. The summed E-state index contributed by atoms with van der Waals surface area (Å²) in [5.41, 5.74) is 4.56. The molecule has 2 aromatic carbocycles. The van der Waals surface area contributed by atoms with E-state index in [4.69, 9.17) is 9.47 Å². The van der Waals surface area contributed by atoms with Gasteiger partial charge in [0.15, 0.2) is 5.78 Å². The molecule has 0 radical (unpaired) electrons. The van der Waals surface area contributed by atoms with Crippen LogP contribution in [0, 0.1) is 5.92 Å². The van der Waals surface area contributed by atoms with Crippen molar-refractivity contribution in [2.75, 3.05) is 14.2 Å². The Labute approximate surface area is 180 Å². The van der Waals surface area contributed by atoms with Gasteiger partial charge in [0.05, 0.1) is 14.2 Å². The highest BCUT2D eigenvalue weighted by molar-refractivity contribution is 6.03. The van der Waals surface area contributed by atoms with E-state index in [1.165, 1.54) is 16.7 Å². The molecule has 0 amide bonds. The molecule has 0 unspecified atom stereocenters. The molecule has 2 atom stereocenters. The summed E-state index contributed by atoms with van der Waals surface area (Å²) in [6.07, 6.45) is 8.32. The summed E-state index contributed by atoms with van der Waals surface area (Å²) >= 11 is 0. The first-order valence-corrected chi connectivity index (χ1v) is 10.7. The molecule has 0 aliphatic heterocycles. The van der Waals surface area contributed by atoms with E-state index in [2.05, 4.69) is 50.3 Å². The molecule has 3 nitrogen and oxygen atoms in total. The van der Waals surface area contributed by atoms with Crippen LogP contribution >= 0.6 is 0 Å². The lowest BCUT2D eigenvalue weighted by Crippen LogP contribution is -2.26. The molecule has 3 rings (SSSR count). The molecule has 0 saturated carbocycles. The molecule has 3 heteroatoms. The Balaban J connectivity index is 1.95. The quantitative estimate of drug-likeness (QED) is 0.360. The van der Waals surface area contributed by atoms with Crippen molar-refractivity contribution in [3.05, 3.63) is 83.0 Å². The van der Waals surface area contributed by atoms with Crippen LogP contribution in [0.4, 0.5) is 0 Å². The zero-order chi connectivity index (χ0) is 21.5. The fourth-order valence-corrected chi connectivity index (χ4v) is 4.34. The Morgan fingerprint density at radius 2 is 1.67 bits per heavy atom. The monoisotopic (exact) mass is 404 g/mol. The van der Waals surface area contributed by atoms with E-state index >= 15 is 0 Å². The first-order valence-electron chi connectivity index (χ1n) is 10.7. The van der Waals surface area contributed by atoms with Gasteiger partial charge in [0.2, 0.25) is 0 Å². The first kappa shape index (κ1) is 21.9. The predicted molar refractivity (Wildman–Crippen MR) is 123 cm³/mol. The molecule has 1 aliphatic rings. The van der Waals surface area contributed by atoms with E-state index in [0.717, 1.165) is 25.7 Å². The minimum absolute atomic E-state index is 0.0951. The minimum atomic E-state index is -0.134. The largest absolute Gasteiger partial charge is 0.496 e. The zero-order valence-corrected chi connectivity index (χ0v) is 18.5. The van der Waals surface area contributed by atoms with Crippen LogP contribution in [0.3, 0.4) is 0 Å². The molecule has 30 heavy (non-hydrogen) atoms. The van der Waals surface area contributed by atoms with Crippen LogP contribution in [0.1, 0.15) is 61.4 Å². The summed E-state index contributed by atoms with van der Waals surface area (Å²) in [6, 6.07) is 15.9. The number of benzene rings is 2. The van der Waals surface area contributed by atoms with Crippen molar-refractivity contribution in [2.45, 2.75) is 45.4 Å². The standard InChI is InChI=1S/C27H32O3/c1-19(2)10-8-11-20-16-17-22(23(18-20)21-12-6-5-7-13-21)27(28)26-24(29-3)14-9-15-25(26)30-4/h5-7,9-10,12-16,22-23H,8,11,17-18H2,1-4H3/t22-,23+/m0/s1. The molecule has 1 aliphatic carbocycles. The Hall–Kier alpha value is -2.81. The number of methoxy groups -OCH3 is 2. The average Bonchev–Trinajstić information content (AvgIpc) is 2.78. The number of hydrogen-bond donors (Lipinski definition) is 0. The second-order valence-electron chi connectivity index (χ2n) is 8.15. The lowest BCUT2D eigenvalue weighted by atomic mass is 9.72. The number of rotatable bonds is 8. The van der Waals surface area contributed by atoms with E-state index in [-0.39, 0.29) is 17.6 Å². The van der Waals surface area contributed by atoms with Crippen molar-refractivity contribution in [3.63, 3.8) is 0 Å². The van der Waals surface area contributed by atoms with E-state index in [9.17, 15) is 4.79 Å². The van der Waals surface area contributed by atoms with Gasteiger partial charge in [-0.25, -0.2) is 0 Å². The average molecular weight is 405 g/mol. The highest BCUT2D eigenvalue weighted by Crippen LogP contribution is 2.43. The van der Waals surface area contributed by atoms with E-state index in [0.29, 0.717) is 17.1 Å². The van der Waals surface area contributed by atoms with Crippen LogP contribution in [0.25, 0.3) is 0 Å². The third-order valence-corrected chi connectivity index (χ3v) is 5.89. The van der Waals surface area contributed by atoms with Gasteiger partial charge in [-0.2, -0.15) is 0 Å². The normalized spacial score (nSPS) is 18.3. The van der Waals surface area contributed by atoms with Gasteiger partial charge in [0, 0.05) is 5.92 Å². The van der Waals surface area contributed by atoms with Crippen molar-refractivity contribution in [1.82, 2.24) is 0 Å². The summed E-state index contributed by atoms with van der Waals surface area (Å²) in [6.45, 7) is 4.27. The van der Waals surface area contributed by atoms with Gasteiger partial charge in [-0.1, -0.05) is 59.7 Å². The van der Waals surface area contributed by atoms with Crippen LogP contribution in [0.15, 0.2) is 71.8 Å². The molecule has 0 aromatic heterocycles. The number of ether oxygens (including phenoxy) is 2. The van der Waals surface area contributed by atoms with Crippen molar-refractivity contribution < 1.29 is 14.3 Å². The van der Waals surface area contributed by atoms with E-state index < -0.39 is 0 Å². The number of carbonyl (C=O) groups excluding carboxylic acids is 1. The molecule has 158 valence electrons. The van der Waals surface area contributed by atoms with Crippen LogP contribution < -0.4 is 9.47 Å². The second-order valence-corrected chi connectivity index (χ2v) is 8.15. The number of allylic oxidation sites excluding steroid dienone is 4. The lowest BCUT2D eigenvalue weighted by molar-refractivity contribution is 0.0889. The molecule has 0 fully saturated rings. The Bertz CT molecular complexity index is 898. The third-order valence-electron chi connectivity index (χ3n) is 5.89. The summed E-state index contributed by atoms with van der Waals surface area (Å²) < 4.78 is 11.0. The molecular weight excluding hydrogens is 372 g/mol. The van der Waals surface area contributed by atoms with Gasteiger partial charge >= 0.3 is 0 Å². The van der Waals surface area contributed by atoms with E-state index in [1.54, 1.807) is 14.2 Å². The highest BCUT2D eigenvalue weighted by atomic mass is 16.5. The molecular formula is C27H32O3. The molecule has 2 aromatic rings. The Kier molecular flexibility index (Phi) is 7.51. The Morgan fingerprint density at radius 3 is 2.27 bits per heavy atom.